The number of hydrogen-bond donors (Lipinski definition) is 3. The van der Waals surface area contributed by atoms with E-state index in [1.165, 1.54) is 23.6 Å². The average molecular weight is 394 g/mol. The molecule has 1 amide bonds. The fraction of sp³-hybridized carbons (Fsp3) is 0.105. The van der Waals surface area contributed by atoms with Gasteiger partial charge in [0, 0.05) is 17.6 Å². The number of pyridine rings is 1. The Labute approximate surface area is 163 Å². The zero-order valence-electron chi connectivity index (χ0n) is 14.4. The molecular formula is C19H14N4O4S. The fourth-order valence-corrected chi connectivity index (χ4v) is 3.31. The molecule has 0 fully saturated rings. The number of benzene rings is 1. The van der Waals surface area contributed by atoms with Gasteiger partial charge in [-0.2, -0.15) is 5.26 Å². The molecule has 1 atom stereocenters. The zero-order valence-corrected chi connectivity index (χ0v) is 15.2. The highest BCUT2D eigenvalue weighted by atomic mass is 32.1. The van der Waals surface area contributed by atoms with Crippen molar-refractivity contribution >= 4 is 23.2 Å². The van der Waals surface area contributed by atoms with Crippen LogP contribution in [-0.2, 0) is 16.0 Å². The van der Waals surface area contributed by atoms with Crippen LogP contribution in [0, 0.1) is 11.3 Å². The van der Waals surface area contributed by atoms with Crippen LogP contribution in [0.4, 0.5) is 0 Å². The number of carboxylic acid groups (broad SMARTS) is 1. The largest absolute Gasteiger partial charge is 0.506 e. The summed E-state index contributed by atoms with van der Waals surface area (Å²) < 4.78 is 0. The van der Waals surface area contributed by atoms with Gasteiger partial charge in [0.15, 0.2) is 6.04 Å². The highest BCUT2D eigenvalue weighted by Gasteiger charge is 2.22. The number of nitrogens with one attached hydrogen (secondary N) is 1. The first kappa shape index (κ1) is 19.0. The maximum atomic E-state index is 12.3. The lowest BCUT2D eigenvalue weighted by atomic mass is 10.1. The summed E-state index contributed by atoms with van der Waals surface area (Å²) >= 11 is 1.18. The Morgan fingerprint density at radius 3 is 2.68 bits per heavy atom. The van der Waals surface area contributed by atoms with Crippen LogP contribution in [0.1, 0.15) is 22.9 Å². The Balaban J connectivity index is 1.72. The van der Waals surface area contributed by atoms with E-state index >= 15 is 0 Å². The van der Waals surface area contributed by atoms with Gasteiger partial charge < -0.3 is 15.5 Å². The van der Waals surface area contributed by atoms with Crippen molar-refractivity contribution in [3.63, 3.8) is 0 Å². The molecule has 0 saturated heterocycles. The van der Waals surface area contributed by atoms with Crippen molar-refractivity contribution < 1.29 is 19.8 Å². The fourth-order valence-electron chi connectivity index (χ4n) is 2.49. The Hall–Kier alpha value is -3.77. The number of aliphatic carboxylic acids is 1. The third-order valence-corrected chi connectivity index (χ3v) is 4.68. The number of hydrogen-bond acceptors (Lipinski definition) is 7. The van der Waals surface area contributed by atoms with Gasteiger partial charge in [-0.1, -0.05) is 30.3 Å². The number of nitriles is 1. The predicted molar refractivity (Wildman–Crippen MR) is 100 cm³/mol. The van der Waals surface area contributed by atoms with Crippen LogP contribution in [-0.4, -0.2) is 32.1 Å². The molecule has 140 valence electrons. The number of aromatic nitrogens is 2. The lowest BCUT2D eigenvalue weighted by molar-refractivity contribution is -0.142. The summed E-state index contributed by atoms with van der Waals surface area (Å²) in [6, 6.07) is 10.4. The van der Waals surface area contributed by atoms with Gasteiger partial charge in [-0.15, -0.1) is 11.3 Å². The van der Waals surface area contributed by atoms with Crippen LogP contribution in [0.2, 0.25) is 0 Å². The number of rotatable bonds is 6. The molecule has 0 radical (unpaired) electrons. The molecule has 3 rings (SSSR count). The number of amides is 1. The van der Waals surface area contributed by atoms with Crippen molar-refractivity contribution in [3.05, 3.63) is 64.8 Å². The lowest BCUT2D eigenvalue weighted by Gasteiger charge is -2.14. The summed E-state index contributed by atoms with van der Waals surface area (Å²) in [5.74, 6) is -1.84. The molecule has 3 N–H and O–H groups in total. The lowest BCUT2D eigenvalue weighted by Crippen LogP contribution is -2.34. The topological polar surface area (TPSA) is 136 Å². The van der Waals surface area contributed by atoms with Gasteiger partial charge in [-0.3, -0.25) is 4.79 Å². The van der Waals surface area contributed by atoms with Crippen molar-refractivity contribution in [1.29, 1.82) is 5.26 Å². The molecule has 0 bridgehead atoms. The van der Waals surface area contributed by atoms with E-state index in [2.05, 4.69) is 15.3 Å². The van der Waals surface area contributed by atoms with E-state index in [-0.39, 0.29) is 23.4 Å². The molecule has 0 spiro atoms. The Morgan fingerprint density at radius 1 is 1.29 bits per heavy atom. The molecule has 0 aliphatic rings. The average Bonchev–Trinajstić information content (AvgIpc) is 3.14. The van der Waals surface area contributed by atoms with E-state index in [0.29, 0.717) is 16.3 Å². The van der Waals surface area contributed by atoms with Crippen LogP contribution < -0.4 is 5.32 Å². The van der Waals surface area contributed by atoms with E-state index in [0.717, 1.165) is 0 Å². The first-order valence-corrected chi connectivity index (χ1v) is 8.97. The van der Waals surface area contributed by atoms with Gasteiger partial charge >= 0.3 is 5.97 Å². The van der Waals surface area contributed by atoms with Gasteiger partial charge in [0.1, 0.15) is 22.5 Å². The van der Waals surface area contributed by atoms with Gasteiger partial charge in [0.2, 0.25) is 5.91 Å². The SMILES string of the molecule is N#Cc1cnc(-c2nc(CC(=O)N[C@@H](C(=O)O)c3ccccc3)cs2)c(O)c1. The molecule has 2 aromatic heterocycles. The molecule has 0 unspecified atom stereocenters. The first-order valence-electron chi connectivity index (χ1n) is 8.09. The third-order valence-electron chi connectivity index (χ3n) is 3.78. The Kier molecular flexibility index (Phi) is 5.62. The number of aromatic hydroxyl groups is 1. The molecule has 9 heteroatoms. The Morgan fingerprint density at radius 2 is 2.04 bits per heavy atom. The summed E-state index contributed by atoms with van der Waals surface area (Å²) in [6.07, 6.45) is 1.20. The molecule has 3 aromatic rings. The highest BCUT2D eigenvalue weighted by Crippen LogP contribution is 2.30. The van der Waals surface area contributed by atoms with E-state index in [1.54, 1.807) is 35.7 Å². The van der Waals surface area contributed by atoms with E-state index < -0.39 is 17.9 Å². The van der Waals surface area contributed by atoms with Gasteiger partial charge in [0.25, 0.3) is 0 Å². The minimum atomic E-state index is -1.16. The maximum Gasteiger partial charge on any atom is 0.330 e. The van der Waals surface area contributed by atoms with Crippen molar-refractivity contribution in [2.45, 2.75) is 12.5 Å². The molecule has 2 heterocycles. The van der Waals surface area contributed by atoms with Crippen molar-refractivity contribution in [3.8, 4) is 22.5 Å². The quantitative estimate of drug-likeness (QED) is 0.583. The maximum absolute atomic E-state index is 12.3. The highest BCUT2D eigenvalue weighted by molar-refractivity contribution is 7.13. The minimum absolute atomic E-state index is 0.121. The van der Waals surface area contributed by atoms with Crippen LogP contribution in [0.15, 0.2) is 48.0 Å². The second-order valence-electron chi connectivity index (χ2n) is 5.77. The second-order valence-corrected chi connectivity index (χ2v) is 6.63. The monoisotopic (exact) mass is 394 g/mol. The number of carbonyl (C=O) groups excluding carboxylic acids is 1. The van der Waals surface area contributed by atoms with Crippen LogP contribution >= 0.6 is 11.3 Å². The smallest absolute Gasteiger partial charge is 0.330 e. The molecule has 28 heavy (non-hydrogen) atoms. The number of carboxylic acids is 1. The van der Waals surface area contributed by atoms with Crippen LogP contribution in [0.3, 0.4) is 0 Å². The minimum Gasteiger partial charge on any atom is -0.506 e. The van der Waals surface area contributed by atoms with Crippen molar-refractivity contribution in [2.75, 3.05) is 0 Å². The standard InChI is InChI=1S/C19H14N4O4S/c20-8-11-6-14(24)17(21-9-11)18-22-13(10-28-18)7-15(25)23-16(19(26)27)12-4-2-1-3-5-12/h1-6,9-10,16,24H,7H2,(H,23,25)(H,26,27)/t16-/m1/s1. The first-order chi connectivity index (χ1) is 13.5. The van der Waals surface area contributed by atoms with Gasteiger partial charge in [-0.25, -0.2) is 14.8 Å². The summed E-state index contributed by atoms with van der Waals surface area (Å²) in [4.78, 5) is 32.1. The van der Waals surface area contributed by atoms with E-state index in [4.69, 9.17) is 5.26 Å². The number of carbonyl (C=O) groups is 2. The summed E-state index contributed by atoms with van der Waals surface area (Å²) in [7, 11) is 0. The van der Waals surface area contributed by atoms with Gasteiger partial charge in [-0.05, 0) is 5.56 Å². The normalized spacial score (nSPS) is 11.4. The molecule has 0 aliphatic carbocycles. The molecular weight excluding hydrogens is 380 g/mol. The second kappa shape index (κ2) is 8.28. The number of nitrogens with zero attached hydrogens (tertiary/aromatic N) is 3. The Bertz CT molecular complexity index is 1060. The molecule has 1 aromatic carbocycles. The van der Waals surface area contributed by atoms with Crippen LogP contribution in [0.5, 0.6) is 5.75 Å². The van der Waals surface area contributed by atoms with E-state index in [9.17, 15) is 19.8 Å². The van der Waals surface area contributed by atoms with Crippen molar-refractivity contribution in [2.24, 2.45) is 0 Å². The predicted octanol–water partition coefficient (Wildman–Crippen LogP) is 2.27. The number of thiazole rings is 1. The zero-order chi connectivity index (χ0) is 20.1. The summed E-state index contributed by atoms with van der Waals surface area (Å²) in [6.45, 7) is 0. The molecule has 0 aliphatic heterocycles. The molecule has 0 saturated carbocycles. The van der Waals surface area contributed by atoms with Crippen molar-refractivity contribution in [1.82, 2.24) is 15.3 Å². The third kappa shape index (κ3) is 4.31. The summed E-state index contributed by atoms with van der Waals surface area (Å²) in [5, 5.41) is 32.7. The van der Waals surface area contributed by atoms with Crippen LogP contribution in [0.25, 0.3) is 10.7 Å². The van der Waals surface area contributed by atoms with E-state index in [1.807, 2.05) is 6.07 Å². The van der Waals surface area contributed by atoms with Gasteiger partial charge in [0.05, 0.1) is 17.7 Å². The summed E-state index contributed by atoms with van der Waals surface area (Å²) in [5.41, 5.74) is 1.32. The molecule has 8 nitrogen and oxygen atoms in total.